The number of thiocarbonyl (C=S) groups is 1. The normalized spacial score (nSPS) is 18.3. The number of para-hydroxylation sites is 2. The number of hydrazone groups is 1. The van der Waals surface area contributed by atoms with Gasteiger partial charge in [-0.3, -0.25) is 4.90 Å². The molecule has 3 aromatic rings. The van der Waals surface area contributed by atoms with Crippen LogP contribution in [-0.4, -0.2) is 25.4 Å². The first-order valence-corrected chi connectivity index (χ1v) is 10.3. The topological polar surface area (TPSA) is 51.4 Å². The van der Waals surface area contributed by atoms with Crippen LogP contribution >= 0.6 is 24.0 Å². The van der Waals surface area contributed by atoms with Crippen LogP contribution in [0.3, 0.4) is 0 Å². The average molecular weight is 417 g/mol. The summed E-state index contributed by atoms with van der Waals surface area (Å²) in [6.45, 7) is 0. The number of phenolic OH excluding ortho intramolecular Hbond substituents is 1. The Morgan fingerprint density at radius 2 is 1.52 bits per heavy atom. The van der Waals surface area contributed by atoms with Gasteiger partial charge in [0, 0.05) is 16.8 Å². The zero-order chi connectivity index (χ0) is 19.8. The van der Waals surface area contributed by atoms with E-state index < -0.39 is 6.17 Å². The molecule has 1 N–H and O–H groups in total. The molecule has 5 rings (SSSR count). The number of hydrogen-bond acceptors (Lipinski definition) is 5. The van der Waals surface area contributed by atoms with Crippen molar-refractivity contribution < 1.29 is 5.11 Å². The zero-order valence-corrected chi connectivity index (χ0v) is 16.8. The summed E-state index contributed by atoms with van der Waals surface area (Å²) < 4.78 is 0. The van der Waals surface area contributed by atoms with Crippen LogP contribution < -0.4 is 4.90 Å². The summed E-state index contributed by atoms with van der Waals surface area (Å²) in [4.78, 5) is 6.85. The van der Waals surface area contributed by atoms with Crippen molar-refractivity contribution in [3.8, 4) is 5.75 Å². The molecule has 2 aliphatic rings. The van der Waals surface area contributed by atoms with E-state index in [1.54, 1.807) is 17.1 Å². The highest BCUT2D eigenvalue weighted by atomic mass is 32.2. The fraction of sp³-hybridized carbons (Fsp3) is 0.0455. The van der Waals surface area contributed by atoms with Crippen LogP contribution in [0.15, 0.2) is 95.0 Å². The fourth-order valence-corrected chi connectivity index (χ4v) is 4.62. The molecule has 0 saturated heterocycles. The molecule has 0 aliphatic carbocycles. The van der Waals surface area contributed by atoms with E-state index in [0.717, 1.165) is 16.3 Å². The highest BCUT2D eigenvalue weighted by Gasteiger charge is 2.39. The van der Waals surface area contributed by atoms with Gasteiger partial charge in [0.2, 0.25) is 5.11 Å². The molecule has 7 heteroatoms. The first-order valence-electron chi connectivity index (χ1n) is 9.08. The van der Waals surface area contributed by atoms with Crippen molar-refractivity contribution in [1.82, 2.24) is 5.01 Å². The molecule has 1 atom stereocenters. The number of phenols is 1. The van der Waals surface area contributed by atoms with Crippen molar-refractivity contribution >= 4 is 45.0 Å². The second-order valence-electron chi connectivity index (χ2n) is 6.52. The number of aromatic hydroxyl groups is 1. The van der Waals surface area contributed by atoms with E-state index in [1.165, 1.54) is 11.8 Å². The number of thioether (sulfide) groups is 1. The maximum atomic E-state index is 10.5. The number of aliphatic imine (C=N–C) groups is 1. The number of rotatable bonds is 3. The van der Waals surface area contributed by atoms with Gasteiger partial charge in [-0.1, -0.05) is 66.7 Å². The molecule has 3 aromatic carbocycles. The van der Waals surface area contributed by atoms with Crippen molar-refractivity contribution in [3.63, 3.8) is 0 Å². The lowest BCUT2D eigenvalue weighted by Gasteiger charge is -2.38. The Hall–Kier alpha value is -3.16. The molecule has 0 saturated carbocycles. The minimum atomic E-state index is -0.477. The molecule has 0 bridgehead atoms. The molecule has 0 fully saturated rings. The highest BCUT2D eigenvalue weighted by molar-refractivity contribution is 8.27. The van der Waals surface area contributed by atoms with Crippen LogP contribution in [0, 0.1) is 0 Å². The smallest absolute Gasteiger partial charge is 0.205 e. The van der Waals surface area contributed by atoms with Crippen molar-refractivity contribution in [3.05, 3.63) is 96.1 Å². The van der Waals surface area contributed by atoms with E-state index >= 15 is 0 Å². The van der Waals surface area contributed by atoms with Crippen molar-refractivity contribution in [1.29, 1.82) is 0 Å². The van der Waals surface area contributed by atoms with E-state index in [1.807, 2.05) is 77.7 Å². The number of benzene rings is 3. The van der Waals surface area contributed by atoms with E-state index in [0.29, 0.717) is 15.8 Å². The third-order valence-corrected chi connectivity index (χ3v) is 6.04. The molecule has 0 aromatic heterocycles. The van der Waals surface area contributed by atoms with Gasteiger partial charge in [0.1, 0.15) is 10.8 Å². The summed E-state index contributed by atoms with van der Waals surface area (Å²) in [6.07, 6.45) is -0.477. The minimum Gasteiger partial charge on any atom is -0.508 e. The molecule has 0 radical (unpaired) electrons. The number of anilines is 1. The van der Waals surface area contributed by atoms with E-state index in [2.05, 4.69) is 0 Å². The van der Waals surface area contributed by atoms with E-state index in [9.17, 15) is 5.11 Å². The highest BCUT2D eigenvalue weighted by Crippen LogP contribution is 2.40. The standard InChI is InChI=1S/C22H16N4OS2/c27-18-14-8-7-13-17(18)19-23-21-26(22(28)25(19)16-11-5-2-6-12-16)24-20(29-21)15-9-3-1-4-10-15/h1-14,19,27H/t19-/m0/s1. The first-order chi connectivity index (χ1) is 14.2. The largest absolute Gasteiger partial charge is 0.508 e. The second-order valence-corrected chi connectivity index (χ2v) is 7.84. The molecule has 142 valence electrons. The van der Waals surface area contributed by atoms with Crippen molar-refractivity contribution in [2.75, 3.05) is 4.90 Å². The van der Waals surface area contributed by atoms with Gasteiger partial charge in [-0.25, -0.2) is 4.99 Å². The van der Waals surface area contributed by atoms with Gasteiger partial charge < -0.3 is 5.11 Å². The maximum Gasteiger partial charge on any atom is 0.205 e. The molecular weight excluding hydrogens is 400 g/mol. The predicted octanol–water partition coefficient (Wildman–Crippen LogP) is 4.96. The summed E-state index contributed by atoms with van der Waals surface area (Å²) in [5.41, 5.74) is 2.60. The lowest BCUT2D eigenvalue weighted by atomic mass is 10.1. The van der Waals surface area contributed by atoms with Gasteiger partial charge >= 0.3 is 0 Å². The molecule has 2 aliphatic heterocycles. The average Bonchev–Trinajstić information content (AvgIpc) is 3.20. The van der Waals surface area contributed by atoms with Gasteiger partial charge in [-0.2, -0.15) is 10.1 Å². The lowest BCUT2D eigenvalue weighted by Crippen LogP contribution is -2.47. The predicted molar refractivity (Wildman–Crippen MR) is 122 cm³/mol. The summed E-state index contributed by atoms with van der Waals surface area (Å²) in [6, 6.07) is 27.0. The van der Waals surface area contributed by atoms with Crippen LogP contribution in [0.4, 0.5) is 5.69 Å². The Morgan fingerprint density at radius 1 is 0.862 bits per heavy atom. The molecule has 0 unspecified atom stereocenters. The molecule has 0 amide bonds. The molecular formula is C22H16N4OS2. The van der Waals surface area contributed by atoms with Crippen LogP contribution in [0.25, 0.3) is 0 Å². The fourth-order valence-electron chi connectivity index (χ4n) is 3.31. The van der Waals surface area contributed by atoms with Crippen molar-refractivity contribution in [2.45, 2.75) is 6.17 Å². The van der Waals surface area contributed by atoms with Gasteiger partial charge in [0.15, 0.2) is 11.3 Å². The van der Waals surface area contributed by atoms with Crippen LogP contribution in [-0.2, 0) is 0 Å². The molecule has 5 nitrogen and oxygen atoms in total. The zero-order valence-electron chi connectivity index (χ0n) is 15.2. The van der Waals surface area contributed by atoms with E-state index in [-0.39, 0.29) is 5.75 Å². The molecule has 2 heterocycles. The quantitative estimate of drug-likeness (QED) is 0.612. The molecule has 29 heavy (non-hydrogen) atoms. The SMILES string of the molecule is Oc1ccccc1[C@H]1N=C2SC(c3ccccc3)=NN2C(=S)N1c1ccccc1. The Kier molecular flexibility index (Phi) is 4.54. The number of nitrogens with zero attached hydrogens (tertiary/aromatic N) is 4. The third-order valence-electron chi connectivity index (χ3n) is 4.69. The number of hydrogen-bond donors (Lipinski definition) is 1. The molecule has 0 spiro atoms. The van der Waals surface area contributed by atoms with E-state index in [4.69, 9.17) is 22.3 Å². The summed E-state index contributed by atoms with van der Waals surface area (Å²) in [5, 5.41) is 19.0. The van der Waals surface area contributed by atoms with Gasteiger partial charge in [-0.05, 0) is 42.2 Å². The van der Waals surface area contributed by atoms with Crippen molar-refractivity contribution in [2.24, 2.45) is 10.1 Å². The van der Waals surface area contributed by atoms with Gasteiger partial charge in [-0.15, -0.1) is 0 Å². The van der Waals surface area contributed by atoms with Crippen LogP contribution in [0.5, 0.6) is 5.75 Å². The first kappa shape index (κ1) is 17.9. The summed E-state index contributed by atoms with van der Waals surface area (Å²) >= 11 is 7.32. The third kappa shape index (κ3) is 3.18. The summed E-state index contributed by atoms with van der Waals surface area (Å²) in [5.74, 6) is 0.186. The Labute approximate surface area is 178 Å². The Balaban J connectivity index is 1.62. The number of fused-ring (bicyclic) bond motifs is 1. The van der Waals surface area contributed by atoms with Gasteiger partial charge in [0.05, 0.1) is 0 Å². The minimum absolute atomic E-state index is 0.186. The van der Waals surface area contributed by atoms with Crippen LogP contribution in [0.1, 0.15) is 17.3 Å². The monoisotopic (exact) mass is 416 g/mol. The second kappa shape index (κ2) is 7.35. The summed E-state index contributed by atoms with van der Waals surface area (Å²) in [7, 11) is 0. The maximum absolute atomic E-state index is 10.5. The lowest BCUT2D eigenvalue weighted by molar-refractivity contribution is 0.460. The Morgan fingerprint density at radius 3 is 2.24 bits per heavy atom. The Bertz CT molecular complexity index is 1130. The van der Waals surface area contributed by atoms with Crippen LogP contribution in [0.2, 0.25) is 0 Å². The van der Waals surface area contributed by atoms with Gasteiger partial charge in [0.25, 0.3) is 0 Å². The number of amidine groups is 1.